The van der Waals surface area contributed by atoms with Crippen molar-refractivity contribution in [2.45, 2.75) is 38.6 Å². The predicted molar refractivity (Wildman–Crippen MR) is 82.2 cm³/mol. The first-order chi connectivity index (χ1) is 9.17. The molecule has 0 heterocycles. The summed E-state index contributed by atoms with van der Waals surface area (Å²) in [6.07, 6.45) is 5.02. The lowest BCUT2D eigenvalue weighted by Gasteiger charge is -2.16. The lowest BCUT2D eigenvalue weighted by Crippen LogP contribution is -2.36. The van der Waals surface area contributed by atoms with Crippen LogP contribution >= 0.6 is 15.9 Å². The molecule has 0 saturated heterocycles. The van der Waals surface area contributed by atoms with Crippen molar-refractivity contribution >= 4 is 27.5 Å². The van der Waals surface area contributed by atoms with Crippen molar-refractivity contribution in [2.24, 2.45) is 5.92 Å². The van der Waals surface area contributed by atoms with E-state index in [0.29, 0.717) is 12.6 Å². The summed E-state index contributed by atoms with van der Waals surface area (Å²) in [5.74, 6) is 0.920. The van der Waals surface area contributed by atoms with Crippen molar-refractivity contribution in [1.29, 1.82) is 0 Å². The number of hydrogen-bond donors (Lipinski definition) is 2. The van der Waals surface area contributed by atoms with E-state index in [2.05, 4.69) is 33.5 Å². The average molecular weight is 325 g/mol. The van der Waals surface area contributed by atoms with Gasteiger partial charge in [0.05, 0.1) is 6.54 Å². The standard InChI is InChI=1S/C15H21BrN2O/c1-2-13(9-11-3-4-11)17-10-15(19)18-14-7-5-12(16)6-8-14/h5-8,11,13,17H,2-4,9-10H2,1H3,(H,18,19). The van der Waals surface area contributed by atoms with Gasteiger partial charge in [0.2, 0.25) is 5.91 Å². The van der Waals surface area contributed by atoms with Crippen molar-refractivity contribution in [2.75, 3.05) is 11.9 Å². The van der Waals surface area contributed by atoms with Crippen molar-refractivity contribution in [1.82, 2.24) is 5.32 Å². The Kier molecular flexibility index (Phi) is 5.40. The molecule has 19 heavy (non-hydrogen) atoms. The first kappa shape index (κ1) is 14.5. The zero-order valence-corrected chi connectivity index (χ0v) is 12.9. The number of carbonyl (C=O) groups excluding carboxylic acids is 1. The van der Waals surface area contributed by atoms with Crippen LogP contribution in [0.4, 0.5) is 5.69 Å². The Hall–Kier alpha value is -0.870. The highest BCUT2D eigenvalue weighted by atomic mass is 79.9. The number of rotatable bonds is 7. The molecule has 3 nitrogen and oxygen atoms in total. The highest BCUT2D eigenvalue weighted by Gasteiger charge is 2.24. The summed E-state index contributed by atoms with van der Waals surface area (Å²) < 4.78 is 1.01. The maximum Gasteiger partial charge on any atom is 0.238 e. The topological polar surface area (TPSA) is 41.1 Å². The van der Waals surface area contributed by atoms with E-state index in [9.17, 15) is 4.79 Å². The van der Waals surface area contributed by atoms with E-state index in [4.69, 9.17) is 0 Å². The second-order valence-electron chi connectivity index (χ2n) is 5.22. The Bertz CT molecular complexity index is 415. The Morgan fingerprint density at radius 1 is 1.37 bits per heavy atom. The fourth-order valence-corrected chi connectivity index (χ4v) is 2.39. The molecule has 1 aromatic rings. The average Bonchev–Trinajstić information content (AvgIpc) is 3.21. The number of anilines is 1. The number of carbonyl (C=O) groups is 1. The van der Waals surface area contributed by atoms with Gasteiger partial charge < -0.3 is 10.6 Å². The molecule has 2 N–H and O–H groups in total. The van der Waals surface area contributed by atoms with Crippen molar-refractivity contribution < 1.29 is 4.79 Å². The van der Waals surface area contributed by atoms with Crippen LogP contribution in [-0.4, -0.2) is 18.5 Å². The van der Waals surface area contributed by atoms with E-state index < -0.39 is 0 Å². The van der Waals surface area contributed by atoms with Gasteiger partial charge >= 0.3 is 0 Å². The molecule has 0 aromatic heterocycles. The summed E-state index contributed by atoms with van der Waals surface area (Å²) in [5, 5.41) is 6.25. The first-order valence-electron chi connectivity index (χ1n) is 6.96. The van der Waals surface area contributed by atoms with Crippen molar-refractivity contribution in [3.63, 3.8) is 0 Å². The van der Waals surface area contributed by atoms with E-state index in [1.807, 2.05) is 24.3 Å². The van der Waals surface area contributed by atoms with Gasteiger partial charge in [0, 0.05) is 16.2 Å². The second-order valence-corrected chi connectivity index (χ2v) is 6.14. The third-order valence-electron chi connectivity index (χ3n) is 3.49. The van der Waals surface area contributed by atoms with E-state index in [0.717, 1.165) is 22.5 Å². The van der Waals surface area contributed by atoms with Crippen LogP contribution in [-0.2, 0) is 4.79 Å². The molecule has 1 amide bonds. The number of halogens is 1. The SMILES string of the molecule is CCC(CC1CC1)NCC(=O)Nc1ccc(Br)cc1. The molecule has 0 radical (unpaired) electrons. The Balaban J connectivity index is 1.72. The normalized spacial score (nSPS) is 16.1. The zero-order valence-electron chi connectivity index (χ0n) is 11.3. The summed E-state index contributed by atoms with van der Waals surface area (Å²) in [7, 11) is 0. The molecule has 0 bridgehead atoms. The molecule has 0 spiro atoms. The van der Waals surface area contributed by atoms with Crippen LogP contribution in [0.25, 0.3) is 0 Å². The van der Waals surface area contributed by atoms with Crippen LogP contribution in [0.1, 0.15) is 32.6 Å². The highest BCUT2D eigenvalue weighted by Crippen LogP contribution is 2.33. The van der Waals surface area contributed by atoms with Gasteiger partial charge in [-0.1, -0.05) is 35.7 Å². The second kappa shape index (κ2) is 7.06. The third kappa shape index (κ3) is 5.33. The van der Waals surface area contributed by atoms with E-state index in [-0.39, 0.29) is 5.91 Å². The summed E-state index contributed by atoms with van der Waals surface area (Å²) in [6, 6.07) is 8.10. The van der Waals surface area contributed by atoms with Crippen LogP contribution in [0, 0.1) is 5.92 Å². The summed E-state index contributed by atoms with van der Waals surface area (Å²) in [4.78, 5) is 11.8. The largest absolute Gasteiger partial charge is 0.325 e. The molecule has 104 valence electrons. The minimum Gasteiger partial charge on any atom is -0.325 e. The Morgan fingerprint density at radius 3 is 2.63 bits per heavy atom. The molecule has 1 aromatic carbocycles. The van der Waals surface area contributed by atoms with Gasteiger partial charge in [0.1, 0.15) is 0 Å². The van der Waals surface area contributed by atoms with E-state index >= 15 is 0 Å². The molecule has 1 atom stereocenters. The minimum atomic E-state index is 0.0246. The molecule has 1 aliphatic rings. The molecule has 0 aliphatic heterocycles. The minimum absolute atomic E-state index is 0.0246. The fraction of sp³-hybridized carbons (Fsp3) is 0.533. The fourth-order valence-electron chi connectivity index (χ4n) is 2.13. The van der Waals surface area contributed by atoms with Gasteiger partial charge in [-0.2, -0.15) is 0 Å². The lowest BCUT2D eigenvalue weighted by atomic mass is 10.1. The predicted octanol–water partition coefficient (Wildman–Crippen LogP) is 3.56. The molecular formula is C15H21BrN2O. The summed E-state index contributed by atoms with van der Waals surface area (Å²) in [5.41, 5.74) is 0.838. The number of hydrogen-bond acceptors (Lipinski definition) is 2. The van der Waals surface area contributed by atoms with Crippen LogP contribution in [0.15, 0.2) is 28.7 Å². The molecule has 1 fully saturated rings. The van der Waals surface area contributed by atoms with Crippen LogP contribution in [0.3, 0.4) is 0 Å². The molecule has 4 heteroatoms. The molecule has 2 rings (SSSR count). The highest BCUT2D eigenvalue weighted by molar-refractivity contribution is 9.10. The zero-order chi connectivity index (χ0) is 13.7. The number of benzene rings is 1. The quantitative estimate of drug-likeness (QED) is 0.805. The van der Waals surface area contributed by atoms with Crippen LogP contribution in [0.5, 0.6) is 0 Å². The van der Waals surface area contributed by atoms with Gasteiger partial charge in [0.25, 0.3) is 0 Å². The number of nitrogens with one attached hydrogen (secondary N) is 2. The smallest absolute Gasteiger partial charge is 0.238 e. The van der Waals surface area contributed by atoms with E-state index in [1.54, 1.807) is 0 Å². The molecule has 1 unspecified atom stereocenters. The molecular weight excluding hydrogens is 304 g/mol. The van der Waals surface area contributed by atoms with Gasteiger partial charge in [-0.05, 0) is 43.0 Å². The lowest BCUT2D eigenvalue weighted by molar-refractivity contribution is -0.115. The van der Waals surface area contributed by atoms with Crippen molar-refractivity contribution in [3.05, 3.63) is 28.7 Å². The van der Waals surface area contributed by atoms with Gasteiger partial charge in [0.15, 0.2) is 0 Å². The Labute approximate surface area is 123 Å². The maximum atomic E-state index is 11.8. The Morgan fingerprint density at radius 2 is 2.05 bits per heavy atom. The van der Waals surface area contributed by atoms with Gasteiger partial charge in [-0.15, -0.1) is 0 Å². The first-order valence-corrected chi connectivity index (χ1v) is 7.75. The van der Waals surface area contributed by atoms with Crippen LogP contribution in [0.2, 0.25) is 0 Å². The summed E-state index contributed by atoms with van der Waals surface area (Å²) in [6.45, 7) is 2.56. The third-order valence-corrected chi connectivity index (χ3v) is 4.02. The maximum absolute atomic E-state index is 11.8. The van der Waals surface area contributed by atoms with Gasteiger partial charge in [-0.25, -0.2) is 0 Å². The number of amides is 1. The van der Waals surface area contributed by atoms with Crippen LogP contribution < -0.4 is 10.6 Å². The molecule has 1 aliphatic carbocycles. The summed E-state index contributed by atoms with van der Waals surface area (Å²) >= 11 is 3.37. The monoisotopic (exact) mass is 324 g/mol. The van der Waals surface area contributed by atoms with E-state index in [1.165, 1.54) is 19.3 Å². The van der Waals surface area contributed by atoms with Crippen molar-refractivity contribution in [3.8, 4) is 0 Å². The molecule has 1 saturated carbocycles. The van der Waals surface area contributed by atoms with Gasteiger partial charge in [-0.3, -0.25) is 4.79 Å².